The lowest BCUT2D eigenvalue weighted by atomic mass is 10.0. The number of nitrogens with zero attached hydrogens (tertiary/aromatic N) is 5. The van der Waals surface area contributed by atoms with Crippen molar-refractivity contribution in [3.63, 3.8) is 0 Å². The second-order valence-corrected chi connectivity index (χ2v) is 8.53. The number of ketones is 2. The molecular formula is C28H25F6N5O2. The fraction of sp³-hybridized carbons (Fsp3) is 0.250. The third kappa shape index (κ3) is 7.77. The van der Waals surface area contributed by atoms with Gasteiger partial charge in [0.15, 0.2) is 0 Å². The van der Waals surface area contributed by atoms with Crippen LogP contribution in [-0.4, -0.2) is 52.0 Å². The van der Waals surface area contributed by atoms with Crippen molar-refractivity contribution in [2.75, 3.05) is 22.9 Å². The molecule has 0 aliphatic carbocycles. The SMILES string of the molecule is CCN(/C=C(/C(=O)C(F)(F)F)c1ccccc1)c1nc(C)nc(N(/C=C(/C(=O)C(F)(F)F)c2ccccc2)CC)n1. The summed E-state index contributed by atoms with van der Waals surface area (Å²) in [4.78, 5) is 39.7. The number of allylic oxidation sites excluding steroid dienone is 2. The molecule has 0 bridgehead atoms. The van der Waals surface area contributed by atoms with E-state index in [9.17, 15) is 35.9 Å². The monoisotopic (exact) mass is 577 g/mol. The highest BCUT2D eigenvalue weighted by atomic mass is 19.4. The van der Waals surface area contributed by atoms with E-state index in [4.69, 9.17) is 0 Å². The number of alkyl halides is 6. The Kier molecular flexibility index (Phi) is 9.63. The Bertz CT molecular complexity index is 1330. The first-order valence-corrected chi connectivity index (χ1v) is 12.3. The Morgan fingerprint density at radius 3 is 1.29 bits per heavy atom. The van der Waals surface area contributed by atoms with E-state index in [-0.39, 0.29) is 41.9 Å². The van der Waals surface area contributed by atoms with E-state index in [0.29, 0.717) is 0 Å². The van der Waals surface area contributed by atoms with Crippen molar-refractivity contribution in [2.24, 2.45) is 0 Å². The van der Waals surface area contributed by atoms with Gasteiger partial charge in [-0.25, -0.2) is 0 Å². The molecule has 1 heterocycles. The van der Waals surface area contributed by atoms with Crippen LogP contribution in [0.5, 0.6) is 0 Å². The topological polar surface area (TPSA) is 79.3 Å². The van der Waals surface area contributed by atoms with Gasteiger partial charge >= 0.3 is 12.4 Å². The highest BCUT2D eigenvalue weighted by molar-refractivity contribution is 6.24. The fourth-order valence-electron chi connectivity index (χ4n) is 3.67. The first kappa shape index (κ1) is 31.0. The van der Waals surface area contributed by atoms with E-state index in [1.165, 1.54) is 65.3 Å². The summed E-state index contributed by atoms with van der Waals surface area (Å²) >= 11 is 0. The van der Waals surface area contributed by atoms with Gasteiger partial charge in [0.05, 0.1) is 11.1 Å². The van der Waals surface area contributed by atoms with Crippen molar-refractivity contribution in [3.05, 3.63) is 90.0 Å². The standard InChI is InChI=1S/C28H25F6N5O2/c1-4-38(16-21(23(40)27(29,30)31)19-12-8-6-9-13-19)25-35-18(3)36-26(37-25)39(5-2)17-22(24(41)28(32,33)34)20-14-10-7-11-15-20/h6-17H,4-5H2,1-3H3/b21-16+,22-17+. The van der Waals surface area contributed by atoms with Crippen molar-refractivity contribution < 1.29 is 35.9 Å². The van der Waals surface area contributed by atoms with Crippen LogP contribution in [0.2, 0.25) is 0 Å². The summed E-state index contributed by atoms with van der Waals surface area (Å²) in [6, 6.07) is 14.5. The van der Waals surface area contributed by atoms with Crippen LogP contribution in [0, 0.1) is 6.92 Å². The Hall–Kier alpha value is -4.55. The van der Waals surface area contributed by atoms with E-state index in [1.807, 2.05) is 0 Å². The molecule has 0 radical (unpaired) electrons. The van der Waals surface area contributed by atoms with Gasteiger partial charge in [-0.2, -0.15) is 41.3 Å². The molecule has 41 heavy (non-hydrogen) atoms. The molecule has 3 rings (SSSR count). The number of rotatable bonds is 10. The smallest absolute Gasteiger partial charge is 0.317 e. The van der Waals surface area contributed by atoms with Gasteiger partial charge in [-0.15, -0.1) is 0 Å². The summed E-state index contributed by atoms with van der Waals surface area (Å²) in [5.74, 6) is -4.38. The molecule has 216 valence electrons. The Labute approximate surface area is 231 Å². The molecule has 0 N–H and O–H groups in total. The molecule has 1 aromatic heterocycles. The van der Waals surface area contributed by atoms with E-state index < -0.39 is 35.1 Å². The Balaban J connectivity index is 2.14. The van der Waals surface area contributed by atoms with Gasteiger partial charge < -0.3 is 9.80 Å². The van der Waals surface area contributed by atoms with Crippen molar-refractivity contribution in [1.82, 2.24) is 15.0 Å². The number of halogens is 6. The lowest BCUT2D eigenvalue weighted by Crippen LogP contribution is -2.28. The molecule has 3 aromatic rings. The van der Waals surface area contributed by atoms with E-state index >= 15 is 0 Å². The first-order valence-electron chi connectivity index (χ1n) is 12.3. The maximum atomic E-state index is 13.5. The van der Waals surface area contributed by atoms with Gasteiger partial charge in [-0.1, -0.05) is 60.7 Å². The maximum Gasteiger partial charge on any atom is 0.454 e. The van der Waals surface area contributed by atoms with Crippen LogP contribution in [0.3, 0.4) is 0 Å². The number of carbonyl (C=O) groups excluding carboxylic acids is 2. The average Bonchev–Trinajstić information content (AvgIpc) is 2.93. The third-order valence-corrected chi connectivity index (χ3v) is 5.66. The second-order valence-electron chi connectivity index (χ2n) is 8.53. The summed E-state index contributed by atoms with van der Waals surface area (Å²) in [6.07, 6.45) is -8.38. The summed E-state index contributed by atoms with van der Waals surface area (Å²) in [6.45, 7) is 4.68. The molecule has 0 fully saturated rings. The minimum Gasteiger partial charge on any atom is -0.317 e. The van der Waals surface area contributed by atoms with Crippen LogP contribution < -0.4 is 9.80 Å². The normalized spacial score (nSPS) is 12.7. The van der Waals surface area contributed by atoms with Crippen molar-refractivity contribution in [1.29, 1.82) is 0 Å². The lowest BCUT2D eigenvalue weighted by molar-refractivity contribution is -0.164. The quantitative estimate of drug-likeness (QED) is 0.210. The lowest BCUT2D eigenvalue weighted by Gasteiger charge is -2.23. The van der Waals surface area contributed by atoms with Crippen LogP contribution >= 0.6 is 0 Å². The molecule has 0 saturated heterocycles. The van der Waals surface area contributed by atoms with Crippen molar-refractivity contribution in [3.8, 4) is 0 Å². The fourth-order valence-corrected chi connectivity index (χ4v) is 3.67. The predicted molar refractivity (Wildman–Crippen MR) is 142 cm³/mol. The second kappa shape index (κ2) is 12.7. The zero-order valence-electron chi connectivity index (χ0n) is 22.2. The summed E-state index contributed by atoms with van der Waals surface area (Å²) in [5, 5.41) is 0. The van der Waals surface area contributed by atoms with Gasteiger partial charge in [0, 0.05) is 25.5 Å². The van der Waals surface area contributed by atoms with Crippen LogP contribution in [0.25, 0.3) is 11.1 Å². The van der Waals surface area contributed by atoms with Crippen LogP contribution in [0.15, 0.2) is 73.1 Å². The Morgan fingerprint density at radius 1 is 0.659 bits per heavy atom. The molecule has 0 amide bonds. The van der Waals surface area contributed by atoms with E-state index in [0.717, 1.165) is 12.4 Å². The van der Waals surface area contributed by atoms with E-state index in [1.54, 1.807) is 26.0 Å². The highest BCUT2D eigenvalue weighted by Crippen LogP contribution is 2.30. The molecule has 2 aromatic carbocycles. The van der Waals surface area contributed by atoms with Crippen LogP contribution in [0.4, 0.5) is 38.2 Å². The average molecular weight is 578 g/mol. The minimum absolute atomic E-state index is 0.00978. The number of anilines is 2. The molecular weight excluding hydrogens is 552 g/mol. The first-order chi connectivity index (χ1) is 19.3. The van der Waals surface area contributed by atoms with Crippen LogP contribution in [-0.2, 0) is 9.59 Å². The van der Waals surface area contributed by atoms with Gasteiger partial charge in [-0.3, -0.25) is 9.59 Å². The number of carbonyl (C=O) groups is 2. The van der Waals surface area contributed by atoms with Crippen molar-refractivity contribution in [2.45, 2.75) is 33.1 Å². The van der Waals surface area contributed by atoms with Gasteiger partial charge in [0.2, 0.25) is 11.9 Å². The molecule has 0 spiro atoms. The van der Waals surface area contributed by atoms with Gasteiger partial charge in [-0.05, 0) is 31.9 Å². The highest BCUT2D eigenvalue weighted by Gasteiger charge is 2.42. The minimum atomic E-state index is -5.16. The number of hydrogen-bond donors (Lipinski definition) is 0. The number of aromatic nitrogens is 3. The number of Topliss-reactive ketones (excluding diaryl/α,β-unsaturated/α-hetero) is 2. The molecule has 7 nitrogen and oxygen atoms in total. The maximum absolute atomic E-state index is 13.5. The molecule has 0 atom stereocenters. The zero-order chi connectivity index (χ0) is 30.4. The summed E-state index contributed by atoms with van der Waals surface area (Å²) in [5.41, 5.74) is -1.30. The van der Waals surface area contributed by atoms with Gasteiger partial charge in [0.25, 0.3) is 11.6 Å². The largest absolute Gasteiger partial charge is 0.454 e. The number of hydrogen-bond acceptors (Lipinski definition) is 7. The third-order valence-electron chi connectivity index (χ3n) is 5.66. The summed E-state index contributed by atoms with van der Waals surface area (Å²) in [7, 11) is 0. The summed E-state index contributed by atoms with van der Waals surface area (Å²) < 4.78 is 80.8. The van der Waals surface area contributed by atoms with Gasteiger partial charge in [0.1, 0.15) is 5.82 Å². The Morgan fingerprint density at radius 2 is 1.00 bits per heavy atom. The number of aryl methyl sites for hydroxylation is 1. The molecule has 0 saturated carbocycles. The molecule has 0 aliphatic heterocycles. The molecule has 0 aliphatic rings. The van der Waals surface area contributed by atoms with Crippen molar-refractivity contribution >= 4 is 34.6 Å². The molecule has 0 unspecified atom stereocenters. The zero-order valence-corrected chi connectivity index (χ0v) is 22.2. The van der Waals surface area contributed by atoms with Crippen LogP contribution in [0.1, 0.15) is 30.8 Å². The number of benzene rings is 2. The van der Waals surface area contributed by atoms with E-state index in [2.05, 4.69) is 15.0 Å². The molecule has 13 heteroatoms. The predicted octanol–water partition coefficient (Wildman–Crippen LogP) is 6.18.